The normalized spacial score (nSPS) is 22.3. The molecule has 138 valence electrons. The van der Waals surface area contributed by atoms with Gasteiger partial charge < -0.3 is 20.1 Å². The number of para-hydroxylation sites is 1. The molecule has 2 N–H and O–H groups in total. The molecule has 26 heavy (non-hydrogen) atoms. The van der Waals surface area contributed by atoms with E-state index in [0.717, 1.165) is 37.2 Å². The van der Waals surface area contributed by atoms with Crippen molar-refractivity contribution >= 4 is 22.9 Å². The molecule has 0 spiro atoms. The standard InChI is InChI=1S/C19H23N3O3S/c23-19(15-5-1-3-13-4-2-7-20-18(13)15)22-16-6-8-24-10-17(16)25-9-14-11-26-12-21-14/h1,3,5,11-12,16-17,20H,2,4,6-10H2,(H,22,23)/t16-,17-/m1/s1. The van der Waals surface area contributed by atoms with Crippen molar-refractivity contribution in [2.45, 2.75) is 38.0 Å². The molecule has 1 aromatic heterocycles. The van der Waals surface area contributed by atoms with Crippen molar-refractivity contribution in [1.82, 2.24) is 10.3 Å². The van der Waals surface area contributed by atoms with E-state index in [1.165, 1.54) is 5.56 Å². The van der Waals surface area contributed by atoms with Crippen molar-refractivity contribution in [2.24, 2.45) is 0 Å². The summed E-state index contributed by atoms with van der Waals surface area (Å²) in [5.74, 6) is -0.0505. The highest BCUT2D eigenvalue weighted by Crippen LogP contribution is 2.26. The first-order valence-corrected chi connectivity index (χ1v) is 9.98. The average molecular weight is 373 g/mol. The molecule has 1 fully saturated rings. The van der Waals surface area contributed by atoms with Gasteiger partial charge in [-0.25, -0.2) is 4.98 Å². The molecule has 7 heteroatoms. The Labute approximate surface area is 156 Å². The summed E-state index contributed by atoms with van der Waals surface area (Å²) in [6, 6.07) is 5.87. The first-order chi connectivity index (χ1) is 12.8. The molecule has 0 unspecified atom stereocenters. The van der Waals surface area contributed by atoms with Crippen LogP contribution in [0.25, 0.3) is 0 Å². The zero-order valence-corrected chi connectivity index (χ0v) is 15.4. The van der Waals surface area contributed by atoms with Gasteiger partial charge in [0.25, 0.3) is 5.91 Å². The van der Waals surface area contributed by atoms with Crippen molar-refractivity contribution in [2.75, 3.05) is 25.1 Å². The quantitative estimate of drug-likeness (QED) is 0.843. The van der Waals surface area contributed by atoms with Crippen LogP contribution in [0.4, 0.5) is 5.69 Å². The summed E-state index contributed by atoms with van der Waals surface area (Å²) >= 11 is 1.55. The third kappa shape index (κ3) is 3.90. The van der Waals surface area contributed by atoms with Gasteiger partial charge in [-0.3, -0.25) is 4.79 Å². The minimum atomic E-state index is -0.165. The summed E-state index contributed by atoms with van der Waals surface area (Å²) in [6.45, 7) is 2.47. The zero-order valence-electron chi connectivity index (χ0n) is 14.6. The summed E-state index contributed by atoms with van der Waals surface area (Å²) in [6.07, 6.45) is 2.70. The lowest BCUT2D eigenvalue weighted by atomic mass is 9.98. The Morgan fingerprint density at radius 1 is 1.46 bits per heavy atom. The van der Waals surface area contributed by atoms with E-state index in [2.05, 4.69) is 21.7 Å². The summed E-state index contributed by atoms with van der Waals surface area (Å²) in [5, 5.41) is 8.52. The number of hydrogen-bond acceptors (Lipinski definition) is 6. The topological polar surface area (TPSA) is 72.5 Å². The summed E-state index contributed by atoms with van der Waals surface area (Å²) in [4.78, 5) is 17.1. The Morgan fingerprint density at radius 3 is 3.31 bits per heavy atom. The second kappa shape index (κ2) is 8.16. The maximum Gasteiger partial charge on any atom is 0.253 e. The van der Waals surface area contributed by atoms with Gasteiger partial charge in [-0.15, -0.1) is 11.3 Å². The van der Waals surface area contributed by atoms with Crippen LogP contribution in [0.15, 0.2) is 29.1 Å². The van der Waals surface area contributed by atoms with E-state index in [1.54, 1.807) is 16.8 Å². The number of aryl methyl sites for hydroxylation is 1. The van der Waals surface area contributed by atoms with Crippen molar-refractivity contribution in [3.63, 3.8) is 0 Å². The number of hydrogen-bond donors (Lipinski definition) is 2. The molecular formula is C19H23N3O3S. The SMILES string of the molecule is O=C(N[C@@H]1CCOC[C@H]1OCc1cscn1)c1cccc2c1NCCC2. The fraction of sp³-hybridized carbons (Fsp3) is 0.474. The van der Waals surface area contributed by atoms with Gasteiger partial charge in [-0.05, 0) is 30.9 Å². The molecule has 0 bridgehead atoms. The predicted molar refractivity (Wildman–Crippen MR) is 101 cm³/mol. The maximum atomic E-state index is 12.9. The number of ether oxygens (including phenoxy) is 2. The number of nitrogens with zero attached hydrogens (tertiary/aromatic N) is 1. The lowest BCUT2D eigenvalue weighted by molar-refractivity contribution is -0.0742. The molecule has 2 aliphatic rings. The van der Waals surface area contributed by atoms with E-state index in [4.69, 9.17) is 9.47 Å². The number of carbonyl (C=O) groups is 1. The molecule has 2 aliphatic heterocycles. The van der Waals surface area contributed by atoms with Crippen LogP contribution in [0.3, 0.4) is 0 Å². The number of amides is 1. The second-order valence-corrected chi connectivity index (χ2v) is 7.36. The van der Waals surface area contributed by atoms with Gasteiger partial charge in [0.15, 0.2) is 0 Å². The third-order valence-corrected chi connectivity index (χ3v) is 5.50. The van der Waals surface area contributed by atoms with Crippen molar-refractivity contribution in [3.8, 4) is 0 Å². The fourth-order valence-electron chi connectivity index (χ4n) is 3.49. The highest BCUT2D eigenvalue weighted by atomic mass is 32.1. The molecule has 1 amide bonds. The Balaban J connectivity index is 1.43. The number of fused-ring (bicyclic) bond motifs is 1. The Hall–Kier alpha value is -1.96. The van der Waals surface area contributed by atoms with Gasteiger partial charge in [0.2, 0.25) is 0 Å². The first-order valence-electron chi connectivity index (χ1n) is 9.04. The van der Waals surface area contributed by atoms with Gasteiger partial charge in [-0.2, -0.15) is 0 Å². The molecule has 0 aliphatic carbocycles. The number of thiazole rings is 1. The van der Waals surface area contributed by atoms with Crippen molar-refractivity contribution in [1.29, 1.82) is 0 Å². The van der Waals surface area contributed by atoms with Crippen LogP contribution in [0.2, 0.25) is 0 Å². The average Bonchev–Trinajstić information content (AvgIpc) is 3.20. The fourth-order valence-corrected chi connectivity index (χ4v) is 4.03. The molecule has 4 rings (SSSR count). The maximum absolute atomic E-state index is 12.9. The molecule has 6 nitrogen and oxygen atoms in total. The van der Waals surface area contributed by atoms with Gasteiger partial charge in [0.1, 0.15) is 6.10 Å². The molecule has 1 saturated heterocycles. The van der Waals surface area contributed by atoms with Crippen molar-refractivity contribution < 1.29 is 14.3 Å². The molecule has 2 aromatic rings. The number of carbonyl (C=O) groups excluding carboxylic acids is 1. The molecule has 1 aromatic carbocycles. The lowest BCUT2D eigenvalue weighted by Gasteiger charge is -2.32. The van der Waals surface area contributed by atoms with Crippen LogP contribution in [0, 0.1) is 0 Å². The highest BCUT2D eigenvalue weighted by molar-refractivity contribution is 7.07. The number of aromatic nitrogens is 1. The van der Waals surface area contributed by atoms with E-state index in [0.29, 0.717) is 25.4 Å². The van der Waals surface area contributed by atoms with Gasteiger partial charge in [-0.1, -0.05) is 12.1 Å². The van der Waals surface area contributed by atoms with Crippen LogP contribution in [0.1, 0.15) is 34.5 Å². The number of benzene rings is 1. The highest BCUT2D eigenvalue weighted by Gasteiger charge is 2.29. The van der Waals surface area contributed by atoms with Crippen molar-refractivity contribution in [3.05, 3.63) is 45.9 Å². The second-order valence-electron chi connectivity index (χ2n) is 6.64. The summed E-state index contributed by atoms with van der Waals surface area (Å²) in [5.41, 5.74) is 5.61. The number of rotatable bonds is 5. The first kappa shape index (κ1) is 17.5. The number of anilines is 1. The van der Waals surface area contributed by atoms with Crippen LogP contribution < -0.4 is 10.6 Å². The van der Waals surface area contributed by atoms with Gasteiger partial charge >= 0.3 is 0 Å². The summed E-state index contributed by atoms with van der Waals surface area (Å²) in [7, 11) is 0. The third-order valence-electron chi connectivity index (χ3n) is 4.87. The molecule has 0 saturated carbocycles. The van der Waals surface area contributed by atoms with E-state index < -0.39 is 0 Å². The Bertz CT molecular complexity index is 750. The Kier molecular flexibility index (Phi) is 5.48. The van der Waals surface area contributed by atoms with Crippen LogP contribution in [-0.2, 0) is 22.5 Å². The van der Waals surface area contributed by atoms with Gasteiger partial charge in [0, 0.05) is 18.5 Å². The van der Waals surface area contributed by atoms with Gasteiger partial charge in [0.05, 0.1) is 41.7 Å². The number of nitrogens with one attached hydrogen (secondary N) is 2. The molecular weight excluding hydrogens is 350 g/mol. The minimum Gasteiger partial charge on any atom is -0.384 e. The van der Waals surface area contributed by atoms with Crippen LogP contribution in [-0.4, -0.2) is 42.8 Å². The molecule has 0 radical (unpaired) electrons. The summed E-state index contributed by atoms with van der Waals surface area (Å²) < 4.78 is 11.5. The van der Waals surface area contributed by atoms with Crippen LogP contribution >= 0.6 is 11.3 Å². The van der Waals surface area contributed by atoms with E-state index in [1.807, 2.05) is 17.5 Å². The lowest BCUT2D eigenvalue weighted by Crippen LogP contribution is -2.50. The Morgan fingerprint density at radius 2 is 2.42 bits per heavy atom. The van der Waals surface area contributed by atoms with E-state index >= 15 is 0 Å². The van der Waals surface area contributed by atoms with Crippen LogP contribution in [0.5, 0.6) is 0 Å². The monoisotopic (exact) mass is 373 g/mol. The molecule has 2 atom stereocenters. The smallest absolute Gasteiger partial charge is 0.253 e. The van der Waals surface area contributed by atoms with E-state index in [9.17, 15) is 4.79 Å². The molecule has 3 heterocycles. The van der Waals surface area contributed by atoms with E-state index in [-0.39, 0.29) is 18.1 Å². The largest absolute Gasteiger partial charge is 0.384 e. The minimum absolute atomic E-state index is 0.0505. The zero-order chi connectivity index (χ0) is 17.8. The predicted octanol–water partition coefficient (Wildman–Crippen LogP) is 2.61.